The fourth-order valence-electron chi connectivity index (χ4n) is 3.21. The van der Waals surface area contributed by atoms with E-state index in [1.807, 2.05) is 30.9 Å². The van der Waals surface area contributed by atoms with E-state index in [1.165, 1.54) is 5.56 Å². The van der Waals surface area contributed by atoms with E-state index in [0.29, 0.717) is 37.7 Å². The summed E-state index contributed by atoms with van der Waals surface area (Å²) >= 11 is 0. The van der Waals surface area contributed by atoms with Crippen LogP contribution in [-0.4, -0.2) is 48.4 Å². The molecule has 3 rings (SSSR count). The molecule has 2 heterocycles. The molecule has 0 bridgehead atoms. The van der Waals surface area contributed by atoms with Crippen molar-refractivity contribution in [2.45, 2.75) is 45.6 Å². The molecule has 0 atom stereocenters. The third kappa shape index (κ3) is 4.55. The van der Waals surface area contributed by atoms with Crippen LogP contribution in [0.4, 0.5) is 4.79 Å². The summed E-state index contributed by atoms with van der Waals surface area (Å²) in [5.41, 5.74) is 2.28. The molecule has 0 saturated heterocycles. The maximum Gasteiger partial charge on any atom is 0.317 e. The fourth-order valence-corrected chi connectivity index (χ4v) is 3.21. The number of aryl methyl sites for hydroxylation is 1. The van der Waals surface area contributed by atoms with E-state index in [-0.39, 0.29) is 11.9 Å². The Morgan fingerprint density at radius 3 is 2.61 bits per heavy atom. The Morgan fingerprint density at radius 1 is 1.25 bits per heavy atom. The Bertz CT molecular complexity index is 819. The van der Waals surface area contributed by atoms with E-state index in [9.17, 15) is 4.79 Å². The molecular formula is C20H28N4O4. The number of benzene rings is 1. The maximum absolute atomic E-state index is 12.5. The molecule has 152 valence electrons. The molecule has 2 amide bonds. The predicted octanol–water partition coefficient (Wildman–Crippen LogP) is 2.91. The number of nitrogens with one attached hydrogen (secondary N) is 1. The fraction of sp³-hybridized carbons (Fsp3) is 0.550. The molecule has 28 heavy (non-hydrogen) atoms. The van der Waals surface area contributed by atoms with E-state index in [2.05, 4.69) is 15.5 Å². The molecule has 1 aromatic heterocycles. The zero-order valence-corrected chi connectivity index (χ0v) is 16.9. The summed E-state index contributed by atoms with van der Waals surface area (Å²) in [5, 5.41) is 6.93. The van der Waals surface area contributed by atoms with E-state index < -0.39 is 0 Å². The summed E-state index contributed by atoms with van der Waals surface area (Å²) in [4.78, 5) is 18.7. The highest BCUT2D eigenvalue weighted by Gasteiger charge is 2.22. The number of aromatic nitrogens is 2. The second-order valence-electron chi connectivity index (χ2n) is 7.18. The number of methoxy groups -OCH3 is 2. The Kier molecular flexibility index (Phi) is 6.38. The topological polar surface area (TPSA) is 89.7 Å². The molecule has 1 N–H and O–H groups in total. The van der Waals surface area contributed by atoms with Gasteiger partial charge in [-0.1, -0.05) is 19.0 Å². The number of hydrogen-bond donors (Lipinski definition) is 1. The second kappa shape index (κ2) is 8.95. The Balaban J connectivity index is 1.49. The van der Waals surface area contributed by atoms with Crippen molar-refractivity contribution in [3.8, 4) is 11.5 Å². The SMILES string of the molecule is COc1cc2c(cc1OC)CN(C(=O)NCCCc1nc(C(C)C)no1)CC2. The first kappa shape index (κ1) is 20.0. The van der Waals surface area contributed by atoms with E-state index >= 15 is 0 Å². The molecule has 0 saturated carbocycles. The molecule has 2 aromatic rings. The van der Waals surface area contributed by atoms with Crippen molar-refractivity contribution in [3.05, 3.63) is 35.0 Å². The molecule has 0 fully saturated rings. The summed E-state index contributed by atoms with van der Waals surface area (Å²) in [6.07, 6.45) is 2.20. The van der Waals surface area contributed by atoms with Crippen molar-refractivity contribution in [1.29, 1.82) is 0 Å². The van der Waals surface area contributed by atoms with Crippen molar-refractivity contribution >= 4 is 6.03 Å². The van der Waals surface area contributed by atoms with Crippen LogP contribution < -0.4 is 14.8 Å². The number of rotatable bonds is 7. The summed E-state index contributed by atoms with van der Waals surface area (Å²) in [5.74, 6) is 2.99. The van der Waals surface area contributed by atoms with E-state index in [4.69, 9.17) is 14.0 Å². The van der Waals surface area contributed by atoms with Crippen molar-refractivity contribution in [3.63, 3.8) is 0 Å². The standard InChI is InChI=1S/C20H28N4O4/c1-13(2)19-22-18(28-23-19)6-5-8-21-20(25)24-9-7-14-10-16(26-3)17(27-4)11-15(14)12-24/h10-11,13H,5-9,12H2,1-4H3,(H,21,25). The number of carbonyl (C=O) groups excluding carboxylic acids is 1. The zero-order valence-electron chi connectivity index (χ0n) is 16.9. The quantitative estimate of drug-likeness (QED) is 0.734. The molecule has 1 aliphatic heterocycles. The lowest BCUT2D eigenvalue weighted by Crippen LogP contribution is -2.43. The number of ether oxygens (including phenoxy) is 2. The van der Waals surface area contributed by atoms with Gasteiger partial charge in [0.1, 0.15) is 0 Å². The summed E-state index contributed by atoms with van der Waals surface area (Å²) in [6.45, 7) is 5.85. The molecule has 0 aliphatic carbocycles. The summed E-state index contributed by atoms with van der Waals surface area (Å²) < 4.78 is 16.0. The van der Waals surface area contributed by atoms with Gasteiger partial charge in [0.05, 0.1) is 14.2 Å². The van der Waals surface area contributed by atoms with Gasteiger partial charge in [-0.15, -0.1) is 0 Å². The molecule has 0 unspecified atom stereocenters. The molecule has 0 spiro atoms. The average molecular weight is 388 g/mol. The van der Waals surface area contributed by atoms with E-state index in [0.717, 1.165) is 30.0 Å². The van der Waals surface area contributed by atoms with Crippen LogP contribution in [0, 0.1) is 0 Å². The van der Waals surface area contributed by atoms with Crippen LogP contribution in [0.2, 0.25) is 0 Å². The predicted molar refractivity (Wildman–Crippen MR) is 104 cm³/mol. The highest BCUT2D eigenvalue weighted by Crippen LogP contribution is 2.33. The van der Waals surface area contributed by atoms with Crippen LogP contribution in [0.1, 0.15) is 49.0 Å². The first-order chi connectivity index (χ1) is 13.5. The number of carbonyl (C=O) groups is 1. The second-order valence-corrected chi connectivity index (χ2v) is 7.18. The van der Waals surface area contributed by atoms with Crippen molar-refractivity contribution in [2.75, 3.05) is 27.3 Å². The lowest BCUT2D eigenvalue weighted by Gasteiger charge is -2.29. The normalized spacial score (nSPS) is 13.4. The van der Waals surface area contributed by atoms with Gasteiger partial charge in [0.25, 0.3) is 0 Å². The lowest BCUT2D eigenvalue weighted by molar-refractivity contribution is 0.192. The minimum Gasteiger partial charge on any atom is -0.493 e. The highest BCUT2D eigenvalue weighted by molar-refractivity contribution is 5.74. The van der Waals surface area contributed by atoms with Gasteiger partial charge in [0.15, 0.2) is 17.3 Å². The smallest absolute Gasteiger partial charge is 0.317 e. The third-order valence-electron chi connectivity index (χ3n) is 4.85. The van der Waals surface area contributed by atoms with Gasteiger partial charge in [-0.05, 0) is 36.1 Å². The van der Waals surface area contributed by atoms with Gasteiger partial charge >= 0.3 is 6.03 Å². The maximum atomic E-state index is 12.5. The highest BCUT2D eigenvalue weighted by atomic mass is 16.5. The van der Waals surface area contributed by atoms with Crippen molar-refractivity contribution < 1.29 is 18.8 Å². The molecular weight excluding hydrogens is 360 g/mol. The number of amides is 2. The van der Waals surface area contributed by atoms with Crippen LogP contribution >= 0.6 is 0 Å². The number of hydrogen-bond acceptors (Lipinski definition) is 6. The molecule has 1 aliphatic rings. The van der Waals surface area contributed by atoms with Crippen LogP contribution in [0.15, 0.2) is 16.7 Å². The number of urea groups is 1. The zero-order chi connectivity index (χ0) is 20.1. The molecule has 1 aromatic carbocycles. The van der Waals surface area contributed by atoms with E-state index in [1.54, 1.807) is 14.2 Å². The molecule has 8 nitrogen and oxygen atoms in total. The molecule has 0 radical (unpaired) electrons. The Labute approximate surface area is 165 Å². The third-order valence-corrected chi connectivity index (χ3v) is 4.85. The molecule has 8 heteroatoms. The van der Waals surface area contributed by atoms with Crippen LogP contribution in [0.5, 0.6) is 11.5 Å². The largest absolute Gasteiger partial charge is 0.493 e. The monoisotopic (exact) mass is 388 g/mol. The summed E-state index contributed by atoms with van der Waals surface area (Å²) in [7, 11) is 3.25. The Hall–Kier alpha value is -2.77. The average Bonchev–Trinajstić information content (AvgIpc) is 3.18. The minimum absolute atomic E-state index is 0.0613. The van der Waals surface area contributed by atoms with Gasteiger partial charge in [-0.2, -0.15) is 4.98 Å². The lowest BCUT2D eigenvalue weighted by atomic mass is 9.99. The Morgan fingerprint density at radius 2 is 1.96 bits per heavy atom. The van der Waals surface area contributed by atoms with Crippen LogP contribution in [0.25, 0.3) is 0 Å². The van der Waals surface area contributed by atoms with Crippen LogP contribution in [0.3, 0.4) is 0 Å². The van der Waals surface area contributed by atoms with Crippen LogP contribution in [-0.2, 0) is 19.4 Å². The van der Waals surface area contributed by atoms with Gasteiger partial charge < -0.3 is 24.2 Å². The van der Waals surface area contributed by atoms with Gasteiger partial charge in [-0.3, -0.25) is 0 Å². The minimum atomic E-state index is -0.0613. The number of fused-ring (bicyclic) bond motifs is 1. The van der Waals surface area contributed by atoms with Gasteiger partial charge in [-0.25, -0.2) is 4.79 Å². The van der Waals surface area contributed by atoms with Crippen molar-refractivity contribution in [2.24, 2.45) is 0 Å². The summed E-state index contributed by atoms with van der Waals surface area (Å²) in [6, 6.07) is 3.89. The van der Waals surface area contributed by atoms with Gasteiger partial charge in [0, 0.05) is 32.0 Å². The number of nitrogens with zero attached hydrogens (tertiary/aromatic N) is 3. The van der Waals surface area contributed by atoms with Gasteiger partial charge in [0.2, 0.25) is 5.89 Å². The van der Waals surface area contributed by atoms with Crippen molar-refractivity contribution in [1.82, 2.24) is 20.4 Å². The first-order valence-corrected chi connectivity index (χ1v) is 9.60. The first-order valence-electron chi connectivity index (χ1n) is 9.60.